The molecule has 4 heteroatoms. The van der Waals surface area contributed by atoms with E-state index < -0.39 is 0 Å². The van der Waals surface area contributed by atoms with Crippen molar-refractivity contribution in [2.75, 3.05) is 0 Å². The third-order valence-electron chi connectivity index (χ3n) is 3.38. The van der Waals surface area contributed by atoms with E-state index in [1.807, 2.05) is 54.8 Å². The first kappa shape index (κ1) is 12.7. The second kappa shape index (κ2) is 4.66. The van der Waals surface area contributed by atoms with E-state index in [-0.39, 0.29) is 0 Å². The fraction of sp³-hybridized carbons (Fsp3) is 0.125. The predicted octanol–water partition coefficient (Wildman–Crippen LogP) is 4.14. The summed E-state index contributed by atoms with van der Waals surface area (Å²) in [4.78, 5) is 4.62. The molecule has 0 unspecified atom stereocenters. The molecule has 98 valence electrons. The van der Waals surface area contributed by atoms with E-state index >= 15 is 0 Å². The molecule has 0 amide bonds. The van der Waals surface area contributed by atoms with Gasteiger partial charge in [0.1, 0.15) is 17.4 Å². The Morgan fingerprint density at radius 1 is 1.20 bits per heavy atom. The predicted molar refractivity (Wildman–Crippen MR) is 79.8 cm³/mol. The summed E-state index contributed by atoms with van der Waals surface area (Å²) in [6.07, 6.45) is 1.86. The number of pyridine rings is 1. The molecule has 0 saturated carbocycles. The maximum Gasteiger partial charge on any atom is 0.152 e. The van der Waals surface area contributed by atoms with Gasteiger partial charge in [0.15, 0.2) is 5.69 Å². The summed E-state index contributed by atoms with van der Waals surface area (Å²) in [6.45, 7) is 3.93. The SMILES string of the molecule is Cc1cc(-c2nc3c(C)cccn3c2C#N)ccc1Cl. The van der Waals surface area contributed by atoms with Crippen molar-refractivity contribution in [1.29, 1.82) is 5.26 Å². The van der Waals surface area contributed by atoms with E-state index in [1.165, 1.54) is 0 Å². The number of imidazole rings is 1. The van der Waals surface area contributed by atoms with Gasteiger partial charge in [-0.2, -0.15) is 5.26 Å². The molecule has 2 heterocycles. The van der Waals surface area contributed by atoms with Crippen molar-refractivity contribution >= 4 is 17.2 Å². The van der Waals surface area contributed by atoms with Crippen molar-refractivity contribution in [3.05, 3.63) is 58.4 Å². The number of hydrogen-bond donors (Lipinski definition) is 0. The topological polar surface area (TPSA) is 41.1 Å². The molecule has 0 fully saturated rings. The second-order valence-corrected chi connectivity index (χ2v) is 5.18. The fourth-order valence-electron chi connectivity index (χ4n) is 2.30. The van der Waals surface area contributed by atoms with Gasteiger partial charge in [0.25, 0.3) is 0 Å². The van der Waals surface area contributed by atoms with E-state index in [0.29, 0.717) is 16.4 Å². The van der Waals surface area contributed by atoms with E-state index in [2.05, 4.69) is 11.1 Å². The Labute approximate surface area is 122 Å². The summed E-state index contributed by atoms with van der Waals surface area (Å²) in [7, 11) is 0. The molecular formula is C16H12ClN3. The van der Waals surface area contributed by atoms with Crippen LogP contribution < -0.4 is 0 Å². The number of rotatable bonds is 1. The van der Waals surface area contributed by atoms with Crippen LogP contribution in [0, 0.1) is 25.2 Å². The quantitative estimate of drug-likeness (QED) is 0.672. The summed E-state index contributed by atoms with van der Waals surface area (Å²) in [6, 6.07) is 11.8. The minimum Gasteiger partial charge on any atom is -0.291 e. The number of aryl methyl sites for hydroxylation is 2. The summed E-state index contributed by atoms with van der Waals surface area (Å²) >= 11 is 6.06. The first-order chi connectivity index (χ1) is 9.61. The molecule has 0 aliphatic heterocycles. The number of aromatic nitrogens is 2. The van der Waals surface area contributed by atoms with Crippen LogP contribution in [0.4, 0.5) is 0 Å². The highest BCUT2D eigenvalue weighted by molar-refractivity contribution is 6.31. The van der Waals surface area contributed by atoms with Gasteiger partial charge in [-0.3, -0.25) is 4.40 Å². The number of fused-ring (bicyclic) bond motifs is 1. The minimum absolute atomic E-state index is 0.547. The van der Waals surface area contributed by atoms with Crippen molar-refractivity contribution < 1.29 is 0 Å². The third-order valence-corrected chi connectivity index (χ3v) is 3.81. The van der Waals surface area contributed by atoms with Crippen molar-refractivity contribution in [1.82, 2.24) is 9.38 Å². The zero-order chi connectivity index (χ0) is 14.3. The van der Waals surface area contributed by atoms with Crippen LogP contribution in [-0.4, -0.2) is 9.38 Å². The van der Waals surface area contributed by atoms with E-state index in [0.717, 1.165) is 22.3 Å². The summed E-state index contributed by atoms with van der Waals surface area (Å²) in [5.41, 5.74) is 4.98. The Morgan fingerprint density at radius 3 is 2.70 bits per heavy atom. The van der Waals surface area contributed by atoms with Crippen LogP contribution in [0.2, 0.25) is 5.02 Å². The number of nitrogens with zero attached hydrogens (tertiary/aromatic N) is 3. The van der Waals surface area contributed by atoms with Gasteiger partial charge in [0, 0.05) is 16.8 Å². The largest absolute Gasteiger partial charge is 0.291 e. The van der Waals surface area contributed by atoms with Gasteiger partial charge in [0.05, 0.1) is 0 Å². The Bertz CT molecular complexity index is 856. The monoisotopic (exact) mass is 281 g/mol. The molecule has 0 bridgehead atoms. The molecule has 20 heavy (non-hydrogen) atoms. The molecule has 1 aromatic carbocycles. The summed E-state index contributed by atoms with van der Waals surface area (Å²) < 4.78 is 1.83. The number of halogens is 1. The molecule has 0 radical (unpaired) electrons. The Morgan fingerprint density at radius 2 is 2.00 bits per heavy atom. The molecule has 0 N–H and O–H groups in total. The fourth-order valence-corrected chi connectivity index (χ4v) is 2.42. The van der Waals surface area contributed by atoms with Crippen LogP contribution in [0.25, 0.3) is 16.9 Å². The maximum absolute atomic E-state index is 9.44. The lowest BCUT2D eigenvalue weighted by atomic mass is 10.1. The van der Waals surface area contributed by atoms with E-state index in [9.17, 15) is 5.26 Å². The first-order valence-electron chi connectivity index (χ1n) is 6.26. The molecule has 0 spiro atoms. The molecule has 3 nitrogen and oxygen atoms in total. The first-order valence-corrected chi connectivity index (χ1v) is 6.64. The molecule has 0 atom stereocenters. The Hall–Kier alpha value is -2.31. The van der Waals surface area contributed by atoms with Gasteiger partial charge in [0.2, 0.25) is 0 Å². The lowest BCUT2D eigenvalue weighted by Gasteiger charge is -2.01. The molecule has 0 saturated heterocycles. The zero-order valence-electron chi connectivity index (χ0n) is 11.2. The standard InChI is InChI=1S/C16H12ClN3/c1-10-4-3-7-20-14(9-18)15(19-16(10)20)12-5-6-13(17)11(2)8-12/h3-8H,1-2H3. The van der Waals surface area contributed by atoms with Gasteiger partial charge in [-0.25, -0.2) is 4.98 Å². The van der Waals surface area contributed by atoms with Crippen LogP contribution in [0.3, 0.4) is 0 Å². The highest BCUT2D eigenvalue weighted by Crippen LogP contribution is 2.28. The van der Waals surface area contributed by atoms with Crippen molar-refractivity contribution in [3.8, 4) is 17.3 Å². The molecule has 3 aromatic rings. The average molecular weight is 282 g/mol. The maximum atomic E-state index is 9.44. The molecule has 0 aliphatic rings. The summed E-state index contributed by atoms with van der Waals surface area (Å²) in [5.74, 6) is 0. The van der Waals surface area contributed by atoms with Crippen molar-refractivity contribution in [3.63, 3.8) is 0 Å². The molecular weight excluding hydrogens is 270 g/mol. The second-order valence-electron chi connectivity index (χ2n) is 4.77. The van der Waals surface area contributed by atoms with E-state index in [4.69, 9.17) is 11.6 Å². The van der Waals surface area contributed by atoms with Gasteiger partial charge >= 0.3 is 0 Å². The van der Waals surface area contributed by atoms with Crippen molar-refractivity contribution in [2.45, 2.75) is 13.8 Å². The number of nitriles is 1. The van der Waals surface area contributed by atoms with Crippen LogP contribution in [0.15, 0.2) is 36.5 Å². The van der Waals surface area contributed by atoms with Crippen LogP contribution in [0.5, 0.6) is 0 Å². The number of benzene rings is 1. The Kier molecular flexibility index (Phi) is 2.96. The molecule has 0 aliphatic carbocycles. The van der Waals surface area contributed by atoms with Crippen LogP contribution in [-0.2, 0) is 0 Å². The third kappa shape index (κ3) is 1.86. The lowest BCUT2D eigenvalue weighted by Crippen LogP contribution is -1.90. The van der Waals surface area contributed by atoms with Gasteiger partial charge in [-0.05, 0) is 43.2 Å². The van der Waals surface area contributed by atoms with Crippen molar-refractivity contribution in [2.24, 2.45) is 0 Å². The molecule has 3 rings (SSSR count). The van der Waals surface area contributed by atoms with Gasteiger partial charge < -0.3 is 0 Å². The zero-order valence-corrected chi connectivity index (χ0v) is 11.9. The minimum atomic E-state index is 0.547. The highest BCUT2D eigenvalue weighted by atomic mass is 35.5. The Balaban J connectivity index is 2.33. The van der Waals surface area contributed by atoms with E-state index in [1.54, 1.807) is 0 Å². The highest BCUT2D eigenvalue weighted by Gasteiger charge is 2.15. The summed E-state index contributed by atoms with van der Waals surface area (Å²) in [5, 5.41) is 10.2. The average Bonchev–Trinajstić information content (AvgIpc) is 2.82. The lowest BCUT2D eigenvalue weighted by molar-refractivity contribution is 1.14. The normalized spacial score (nSPS) is 10.7. The smallest absolute Gasteiger partial charge is 0.152 e. The van der Waals surface area contributed by atoms with Gasteiger partial charge in [-0.1, -0.05) is 23.7 Å². The van der Waals surface area contributed by atoms with Gasteiger partial charge in [-0.15, -0.1) is 0 Å². The van der Waals surface area contributed by atoms with Crippen LogP contribution >= 0.6 is 11.6 Å². The molecule has 2 aromatic heterocycles. The number of hydrogen-bond acceptors (Lipinski definition) is 2. The van der Waals surface area contributed by atoms with Crippen LogP contribution in [0.1, 0.15) is 16.8 Å².